The highest BCUT2D eigenvalue weighted by Crippen LogP contribution is 2.21. The molecule has 1 amide bonds. The summed E-state index contributed by atoms with van der Waals surface area (Å²) in [7, 11) is 0. The summed E-state index contributed by atoms with van der Waals surface area (Å²) >= 11 is 0. The number of rotatable bonds is 4. The lowest BCUT2D eigenvalue weighted by Crippen LogP contribution is -2.47. The van der Waals surface area contributed by atoms with Gasteiger partial charge in [0.05, 0.1) is 6.10 Å². The van der Waals surface area contributed by atoms with E-state index in [0.29, 0.717) is 25.7 Å². The Balaban J connectivity index is 2.27. The summed E-state index contributed by atoms with van der Waals surface area (Å²) in [5, 5.41) is 13.5. The molecular formula is C17H34N2O3. The van der Waals surface area contributed by atoms with Gasteiger partial charge in [0.25, 0.3) is 0 Å². The first-order valence-corrected chi connectivity index (χ1v) is 8.36. The summed E-state index contributed by atoms with van der Waals surface area (Å²) in [5.74, 6) is 0. The van der Waals surface area contributed by atoms with E-state index in [1.54, 1.807) is 4.90 Å². The van der Waals surface area contributed by atoms with Crippen molar-refractivity contribution in [3.8, 4) is 0 Å². The number of amides is 1. The number of ether oxygens (including phenoxy) is 1. The van der Waals surface area contributed by atoms with Gasteiger partial charge in [0, 0.05) is 25.7 Å². The molecule has 0 aromatic heterocycles. The second kappa shape index (κ2) is 7.64. The number of nitrogens with zero attached hydrogens (tertiary/aromatic N) is 1. The van der Waals surface area contributed by atoms with Crippen LogP contribution in [0.1, 0.15) is 60.8 Å². The number of carbonyl (C=O) groups excluding carboxylic acids is 1. The van der Waals surface area contributed by atoms with Crippen LogP contribution in [0.2, 0.25) is 0 Å². The van der Waals surface area contributed by atoms with Gasteiger partial charge in [-0.05, 0) is 45.4 Å². The maximum absolute atomic E-state index is 12.0. The van der Waals surface area contributed by atoms with Gasteiger partial charge in [-0.15, -0.1) is 0 Å². The molecule has 0 radical (unpaired) electrons. The van der Waals surface area contributed by atoms with Crippen LogP contribution in [-0.2, 0) is 4.74 Å². The van der Waals surface area contributed by atoms with Gasteiger partial charge < -0.3 is 20.1 Å². The number of piperidine rings is 1. The number of carbonyl (C=O) groups is 1. The van der Waals surface area contributed by atoms with E-state index < -0.39 is 5.60 Å². The molecule has 1 heterocycles. The molecule has 0 bridgehead atoms. The van der Waals surface area contributed by atoms with Crippen molar-refractivity contribution in [3.63, 3.8) is 0 Å². The number of nitrogens with one attached hydrogen (secondary N) is 1. The Morgan fingerprint density at radius 2 is 1.77 bits per heavy atom. The Morgan fingerprint density at radius 3 is 2.23 bits per heavy atom. The van der Waals surface area contributed by atoms with Crippen molar-refractivity contribution >= 4 is 6.09 Å². The Morgan fingerprint density at radius 1 is 1.23 bits per heavy atom. The fourth-order valence-electron chi connectivity index (χ4n) is 2.67. The van der Waals surface area contributed by atoms with Crippen LogP contribution < -0.4 is 5.32 Å². The van der Waals surface area contributed by atoms with Gasteiger partial charge in [0.15, 0.2) is 0 Å². The molecule has 1 saturated heterocycles. The van der Waals surface area contributed by atoms with Crippen molar-refractivity contribution in [2.45, 2.75) is 78.6 Å². The molecule has 0 aromatic rings. The van der Waals surface area contributed by atoms with E-state index in [9.17, 15) is 9.90 Å². The van der Waals surface area contributed by atoms with Crippen LogP contribution in [-0.4, -0.2) is 53.5 Å². The molecule has 22 heavy (non-hydrogen) atoms. The highest BCUT2D eigenvalue weighted by molar-refractivity contribution is 5.68. The third-order valence-electron chi connectivity index (χ3n) is 3.64. The maximum atomic E-state index is 12.0. The van der Waals surface area contributed by atoms with Gasteiger partial charge >= 0.3 is 6.09 Å². The Kier molecular flexibility index (Phi) is 6.68. The zero-order valence-electron chi connectivity index (χ0n) is 15.1. The lowest BCUT2D eigenvalue weighted by atomic mass is 9.89. The summed E-state index contributed by atoms with van der Waals surface area (Å²) in [4.78, 5) is 13.8. The van der Waals surface area contributed by atoms with Crippen molar-refractivity contribution in [3.05, 3.63) is 0 Å². The second-order valence-electron chi connectivity index (χ2n) is 8.57. The molecule has 5 nitrogen and oxygen atoms in total. The molecule has 5 heteroatoms. The molecule has 2 N–H and O–H groups in total. The summed E-state index contributed by atoms with van der Waals surface area (Å²) in [5.41, 5.74) is -0.301. The average molecular weight is 314 g/mol. The van der Waals surface area contributed by atoms with Crippen LogP contribution in [0.4, 0.5) is 4.79 Å². The molecular weight excluding hydrogens is 280 g/mol. The molecule has 130 valence electrons. The quantitative estimate of drug-likeness (QED) is 0.837. The number of hydrogen-bond acceptors (Lipinski definition) is 4. The monoisotopic (exact) mass is 314 g/mol. The minimum absolute atomic E-state index is 0.140. The molecule has 0 aliphatic carbocycles. The van der Waals surface area contributed by atoms with Crippen LogP contribution in [0.3, 0.4) is 0 Å². The topological polar surface area (TPSA) is 61.8 Å². The Bertz CT molecular complexity index is 350. The largest absolute Gasteiger partial charge is 0.444 e. The Hall–Kier alpha value is -0.810. The van der Waals surface area contributed by atoms with Gasteiger partial charge in [0.2, 0.25) is 0 Å². The minimum Gasteiger partial charge on any atom is -0.444 e. The summed E-state index contributed by atoms with van der Waals surface area (Å²) in [6.07, 6.45) is 2.06. The molecule has 1 unspecified atom stereocenters. The standard InChI is InChI=1S/C17H34N2O3/c1-16(2,3)11-14(20)12-18-13-7-9-19(10-8-13)15(21)22-17(4,5)6/h13-14,18,20H,7-12H2,1-6H3. The normalized spacial score (nSPS) is 19.1. The lowest BCUT2D eigenvalue weighted by Gasteiger charge is -2.34. The SMILES string of the molecule is CC(C)(C)CC(O)CNC1CCN(C(=O)OC(C)(C)C)CC1. The molecule has 0 aromatic carbocycles. The van der Waals surface area contributed by atoms with E-state index in [1.807, 2.05) is 20.8 Å². The third-order valence-corrected chi connectivity index (χ3v) is 3.64. The van der Waals surface area contributed by atoms with Gasteiger partial charge in [-0.2, -0.15) is 0 Å². The highest BCUT2D eigenvalue weighted by atomic mass is 16.6. The Labute approximate surface area is 135 Å². The molecule has 0 saturated carbocycles. The van der Waals surface area contributed by atoms with Crippen LogP contribution >= 0.6 is 0 Å². The van der Waals surface area contributed by atoms with Gasteiger partial charge in [0.1, 0.15) is 5.60 Å². The first kappa shape index (κ1) is 19.2. The first-order valence-electron chi connectivity index (χ1n) is 8.36. The van der Waals surface area contributed by atoms with Gasteiger partial charge in [-0.3, -0.25) is 0 Å². The second-order valence-corrected chi connectivity index (χ2v) is 8.57. The molecule has 1 aliphatic rings. The fourth-order valence-corrected chi connectivity index (χ4v) is 2.67. The van der Waals surface area contributed by atoms with Crippen molar-refractivity contribution < 1.29 is 14.6 Å². The molecule has 1 aliphatic heterocycles. The number of aliphatic hydroxyl groups is 1. The average Bonchev–Trinajstić information content (AvgIpc) is 2.33. The summed E-state index contributed by atoms with van der Waals surface area (Å²) < 4.78 is 5.39. The maximum Gasteiger partial charge on any atom is 0.410 e. The van der Waals surface area contributed by atoms with Crippen molar-refractivity contribution in [2.24, 2.45) is 5.41 Å². The van der Waals surface area contributed by atoms with Crippen molar-refractivity contribution in [2.75, 3.05) is 19.6 Å². The van der Waals surface area contributed by atoms with E-state index in [1.165, 1.54) is 0 Å². The molecule has 1 fully saturated rings. The van der Waals surface area contributed by atoms with Gasteiger partial charge in [-0.1, -0.05) is 20.8 Å². The first-order chi connectivity index (χ1) is 9.96. The number of aliphatic hydroxyl groups excluding tert-OH is 1. The predicted octanol–water partition coefficient (Wildman–Crippen LogP) is 2.77. The van der Waals surface area contributed by atoms with Crippen molar-refractivity contribution in [1.29, 1.82) is 0 Å². The van der Waals surface area contributed by atoms with E-state index in [2.05, 4.69) is 26.1 Å². The van der Waals surface area contributed by atoms with E-state index in [0.717, 1.165) is 19.3 Å². The van der Waals surface area contributed by atoms with E-state index in [-0.39, 0.29) is 17.6 Å². The summed E-state index contributed by atoms with van der Waals surface area (Å²) in [6.45, 7) is 14.1. The van der Waals surface area contributed by atoms with Crippen LogP contribution in [0, 0.1) is 5.41 Å². The molecule has 0 spiro atoms. The number of likely N-dealkylation sites (tertiary alicyclic amines) is 1. The van der Waals surface area contributed by atoms with Crippen molar-refractivity contribution in [1.82, 2.24) is 10.2 Å². The predicted molar refractivity (Wildman–Crippen MR) is 88.9 cm³/mol. The van der Waals surface area contributed by atoms with E-state index >= 15 is 0 Å². The highest BCUT2D eigenvalue weighted by Gasteiger charge is 2.27. The van der Waals surface area contributed by atoms with Gasteiger partial charge in [-0.25, -0.2) is 4.79 Å². The van der Waals surface area contributed by atoms with Crippen LogP contribution in [0.5, 0.6) is 0 Å². The fraction of sp³-hybridized carbons (Fsp3) is 0.941. The summed E-state index contributed by atoms with van der Waals surface area (Å²) in [6, 6.07) is 0.369. The van der Waals surface area contributed by atoms with E-state index in [4.69, 9.17) is 4.74 Å². The van der Waals surface area contributed by atoms with Crippen LogP contribution in [0.15, 0.2) is 0 Å². The lowest BCUT2D eigenvalue weighted by molar-refractivity contribution is 0.0192. The zero-order chi connectivity index (χ0) is 17.0. The zero-order valence-corrected chi connectivity index (χ0v) is 15.1. The third kappa shape index (κ3) is 7.99. The molecule has 1 atom stereocenters. The smallest absolute Gasteiger partial charge is 0.410 e. The number of hydrogen-bond donors (Lipinski definition) is 2. The van der Waals surface area contributed by atoms with Crippen LogP contribution in [0.25, 0.3) is 0 Å². The minimum atomic E-state index is -0.441. The molecule has 1 rings (SSSR count).